The lowest BCUT2D eigenvalue weighted by molar-refractivity contribution is -0.125. The molecule has 1 rings (SSSR count). The molecule has 0 fully saturated rings. The van der Waals surface area contributed by atoms with Gasteiger partial charge in [-0.05, 0) is 25.1 Å². The highest BCUT2D eigenvalue weighted by atomic mass is 35.5. The molecule has 0 saturated carbocycles. The molecule has 1 amide bonds. The van der Waals surface area contributed by atoms with E-state index in [1.807, 2.05) is 6.92 Å². The molecule has 0 aliphatic rings. The van der Waals surface area contributed by atoms with E-state index in [2.05, 4.69) is 5.32 Å². The van der Waals surface area contributed by atoms with E-state index in [0.717, 1.165) is 5.56 Å². The van der Waals surface area contributed by atoms with Gasteiger partial charge in [-0.25, -0.2) is 0 Å². The molecule has 100 valence electrons. The topological polar surface area (TPSA) is 64.3 Å². The van der Waals surface area contributed by atoms with Crippen molar-refractivity contribution in [2.24, 2.45) is 11.7 Å². The predicted molar refractivity (Wildman–Crippen MR) is 72.7 cm³/mol. The minimum atomic E-state index is -0.227. The van der Waals surface area contributed by atoms with Crippen LogP contribution in [0.2, 0.25) is 5.02 Å². The molecule has 1 aromatic rings. The molecule has 0 aliphatic carbocycles. The molecule has 0 radical (unpaired) electrons. The monoisotopic (exact) mass is 270 g/mol. The maximum Gasteiger partial charge on any atom is 0.224 e. The van der Waals surface area contributed by atoms with Crippen LogP contribution in [0.25, 0.3) is 0 Å². The third-order valence-electron chi connectivity index (χ3n) is 2.90. The van der Waals surface area contributed by atoms with Gasteiger partial charge in [0, 0.05) is 29.1 Å². The fourth-order valence-electron chi connectivity index (χ4n) is 1.47. The van der Waals surface area contributed by atoms with Crippen LogP contribution in [0.5, 0.6) is 5.75 Å². The normalized spacial score (nSPS) is 13.8. The van der Waals surface area contributed by atoms with E-state index in [-0.39, 0.29) is 17.9 Å². The molecule has 3 N–H and O–H groups in total. The molecular weight excluding hydrogens is 252 g/mol. The number of ether oxygens (including phenoxy) is 1. The lowest BCUT2D eigenvalue weighted by Gasteiger charge is -2.16. The minimum Gasteiger partial charge on any atom is -0.496 e. The van der Waals surface area contributed by atoms with Crippen LogP contribution in [-0.4, -0.2) is 19.1 Å². The molecular formula is C13H19ClN2O2. The van der Waals surface area contributed by atoms with Crippen molar-refractivity contribution in [1.29, 1.82) is 0 Å². The van der Waals surface area contributed by atoms with Crippen molar-refractivity contribution in [3.63, 3.8) is 0 Å². The highest BCUT2D eigenvalue weighted by Gasteiger charge is 2.17. The van der Waals surface area contributed by atoms with E-state index in [0.29, 0.717) is 17.3 Å². The number of nitrogens with two attached hydrogens (primary N) is 1. The van der Waals surface area contributed by atoms with E-state index in [1.54, 1.807) is 32.2 Å². The van der Waals surface area contributed by atoms with Gasteiger partial charge in [-0.2, -0.15) is 0 Å². The summed E-state index contributed by atoms with van der Waals surface area (Å²) >= 11 is 5.91. The van der Waals surface area contributed by atoms with Crippen LogP contribution < -0.4 is 15.8 Å². The summed E-state index contributed by atoms with van der Waals surface area (Å²) in [7, 11) is 1.58. The number of benzene rings is 1. The number of rotatable bonds is 5. The highest BCUT2D eigenvalue weighted by molar-refractivity contribution is 6.30. The van der Waals surface area contributed by atoms with Gasteiger partial charge in [-0.1, -0.05) is 18.5 Å². The number of hydrogen-bond donors (Lipinski definition) is 2. The SMILES string of the molecule is COc1ccc(Cl)cc1CNC(=O)C(C)C(C)N. The van der Waals surface area contributed by atoms with Gasteiger partial charge >= 0.3 is 0 Å². The molecule has 0 spiro atoms. The zero-order chi connectivity index (χ0) is 13.7. The van der Waals surface area contributed by atoms with Crippen LogP contribution in [0.4, 0.5) is 0 Å². The van der Waals surface area contributed by atoms with E-state index in [1.165, 1.54) is 0 Å². The summed E-state index contributed by atoms with van der Waals surface area (Å²) in [6.45, 7) is 3.99. The largest absolute Gasteiger partial charge is 0.496 e. The Hall–Kier alpha value is -1.26. The van der Waals surface area contributed by atoms with Gasteiger partial charge in [0.2, 0.25) is 5.91 Å². The van der Waals surface area contributed by atoms with E-state index in [4.69, 9.17) is 22.1 Å². The van der Waals surface area contributed by atoms with Gasteiger partial charge < -0.3 is 15.8 Å². The van der Waals surface area contributed by atoms with Crippen LogP contribution in [0.1, 0.15) is 19.4 Å². The van der Waals surface area contributed by atoms with Gasteiger partial charge in [0.05, 0.1) is 7.11 Å². The number of methoxy groups -OCH3 is 1. The first kappa shape index (κ1) is 14.8. The molecule has 1 aromatic carbocycles. The van der Waals surface area contributed by atoms with E-state index in [9.17, 15) is 4.79 Å². The Balaban J connectivity index is 2.68. The summed E-state index contributed by atoms with van der Waals surface area (Å²) in [6.07, 6.45) is 0. The fraction of sp³-hybridized carbons (Fsp3) is 0.462. The van der Waals surface area contributed by atoms with Gasteiger partial charge in [-0.3, -0.25) is 4.79 Å². The Morgan fingerprint density at radius 3 is 2.72 bits per heavy atom. The lowest BCUT2D eigenvalue weighted by Crippen LogP contribution is -2.38. The summed E-state index contributed by atoms with van der Waals surface area (Å²) in [5.74, 6) is 0.398. The molecule has 0 aliphatic heterocycles. The van der Waals surface area contributed by atoms with Crippen LogP contribution >= 0.6 is 11.6 Å². The van der Waals surface area contributed by atoms with Gasteiger partial charge in [0.15, 0.2) is 0 Å². The second-order valence-electron chi connectivity index (χ2n) is 4.32. The van der Waals surface area contributed by atoms with Crippen LogP contribution in [-0.2, 0) is 11.3 Å². The summed E-state index contributed by atoms with van der Waals surface area (Å²) < 4.78 is 5.21. The van der Waals surface area contributed by atoms with Gasteiger partial charge in [0.1, 0.15) is 5.75 Å². The smallest absolute Gasteiger partial charge is 0.224 e. The summed E-state index contributed by atoms with van der Waals surface area (Å²) in [5.41, 5.74) is 6.52. The predicted octanol–water partition coefficient (Wildman–Crippen LogP) is 1.95. The van der Waals surface area contributed by atoms with Crippen LogP contribution in [0.15, 0.2) is 18.2 Å². The Kier molecular flexibility index (Phi) is 5.44. The highest BCUT2D eigenvalue weighted by Crippen LogP contribution is 2.22. The quantitative estimate of drug-likeness (QED) is 0.860. The fourth-order valence-corrected chi connectivity index (χ4v) is 1.66. The van der Waals surface area contributed by atoms with Gasteiger partial charge in [-0.15, -0.1) is 0 Å². The number of carbonyl (C=O) groups excluding carboxylic acids is 1. The summed E-state index contributed by atoms with van der Waals surface area (Å²) in [4.78, 5) is 11.8. The third kappa shape index (κ3) is 3.89. The minimum absolute atomic E-state index is 0.0768. The molecule has 2 atom stereocenters. The van der Waals surface area contributed by atoms with Crippen molar-refractivity contribution in [3.8, 4) is 5.75 Å². The average Bonchev–Trinajstić information content (AvgIpc) is 2.35. The van der Waals surface area contributed by atoms with E-state index < -0.39 is 0 Å². The standard InChI is InChI=1S/C13H19ClN2O2/c1-8(9(2)15)13(17)16-7-10-6-11(14)4-5-12(10)18-3/h4-6,8-9H,7,15H2,1-3H3,(H,16,17). The third-order valence-corrected chi connectivity index (χ3v) is 3.13. The maximum atomic E-state index is 11.8. The number of halogens is 1. The molecule has 0 saturated heterocycles. The van der Waals surface area contributed by atoms with Crippen molar-refractivity contribution >= 4 is 17.5 Å². The van der Waals surface area contributed by atoms with Crippen molar-refractivity contribution in [1.82, 2.24) is 5.32 Å². The van der Waals surface area contributed by atoms with Crippen molar-refractivity contribution < 1.29 is 9.53 Å². The first-order valence-corrected chi connectivity index (χ1v) is 6.19. The lowest BCUT2D eigenvalue weighted by atomic mass is 10.0. The van der Waals surface area contributed by atoms with Crippen molar-refractivity contribution in [3.05, 3.63) is 28.8 Å². The van der Waals surface area contributed by atoms with Crippen LogP contribution in [0.3, 0.4) is 0 Å². The molecule has 0 aromatic heterocycles. The summed E-state index contributed by atoms with van der Waals surface area (Å²) in [6, 6.07) is 5.12. The first-order valence-electron chi connectivity index (χ1n) is 5.81. The molecule has 0 heterocycles. The average molecular weight is 271 g/mol. The number of nitrogens with one attached hydrogen (secondary N) is 1. The van der Waals surface area contributed by atoms with Crippen LogP contribution in [0, 0.1) is 5.92 Å². The Labute approximate surface area is 112 Å². The molecule has 2 unspecified atom stereocenters. The molecule has 4 nitrogen and oxygen atoms in total. The molecule has 18 heavy (non-hydrogen) atoms. The molecule has 5 heteroatoms. The molecule has 0 bridgehead atoms. The first-order chi connectivity index (χ1) is 8.45. The van der Waals surface area contributed by atoms with E-state index >= 15 is 0 Å². The Morgan fingerprint density at radius 1 is 1.50 bits per heavy atom. The van der Waals surface area contributed by atoms with Crippen molar-refractivity contribution in [2.75, 3.05) is 7.11 Å². The Bertz CT molecular complexity index is 421. The second kappa shape index (κ2) is 6.61. The zero-order valence-corrected chi connectivity index (χ0v) is 11.6. The maximum absolute atomic E-state index is 11.8. The number of hydrogen-bond acceptors (Lipinski definition) is 3. The summed E-state index contributed by atoms with van der Waals surface area (Å²) in [5, 5.41) is 3.44. The number of amides is 1. The zero-order valence-electron chi connectivity index (χ0n) is 10.9. The van der Waals surface area contributed by atoms with Crippen molar-refractivity contribution in [2.45, 2.75) is 26.4 Å². The second-order valence-corrected chi connectivity index (χ2v) is 4.76. The number of carbonyl (C=O) groups is 1. The van der Waals surface area contributed by atoms with Gasteiger partial charge in [0.25, 0.3) is 0 Å². The Morgan fingerprint density at radius 2 is 2.17 bits per heavy atom.